The lowest BCUT2D eigenvalue weighted by molar-refractivity contribution is -0.0742. The number of carbonyl (C=O) groups excluding carboxylic acids is 1. The van der Waals surface area contributed by atoms with Gasteiger partial charge in [0.1, 0.15) is 0 Å². The van der Waals surface area contributed by atoms with Crippen LogP contribution < -0.4 is 0 Å². The zero-order valence-electron chi connectivity index (χ0n) is 11.4. The highest BCUT2D eigenvalue weighted by Crippen LogP contribution is 2.23. The first-order chi connectivity index (χ1) is 7.93. The van der Waals surface area contributed by atoms with Crippen LogP contribution in [0.1, 0.15) is 32.6 Å². The fourth-order valence-corrected chi connectivity index (χ4v) is 2.01. The average molecular weight is 236 g/mol. The third-order valence-corrected chi connectivity index (χ3v) is 3.25. The summed E-state index contributed by atoms with van der Waals surface area (Å²) in [5.41, 5.74) is 4.94. The molecule has 3 nitrogen and oxygen atoms in total. The van der Waals surface area contributed by atoms with Gasteiger partial charge in [-0.1, -0.05) is 6.07 Å². The number of Topliss-reactive ketones (excluding diaryl/α,β-unsaturated/α-hetero) is 1. The van der Waals surface area contributed by atoms with E-state index in [1.54, 1.807) is 0 Å². The molecular weight excluding hydrogens is 216 g/mol. The molecule has 17 heavy (non-hydrogen) atoms. The van der Waals surface area contributed by atoms with Crippen LogP contribution in [-0.2, 0) is 9.47 Å². The van der Waals surface area contributed by atoms with E-state index in [1.807, 2.05) is 27.7 Å². The lowest BCUT2D eigenvalue weighted by Gasteiger charge is -2.18. The molecule has 1 aromatic carbocycles. The Balaban J connectivity index is 3.35. The van der Waals surface area contributed by atoms with Gasteiger partial charge >= 0.3 is 0 Å². The number of methoxy groups -OCH3 is 2. The number of hydrogen-bond donors (Lipinski definition) is 0. The van der Waals surface area contributed by atoms with Crippen molar-refractivity contribution in [3.05, 3.63) is 33.9 Å². The molecule has 1 aromatic rings. The number of rotatable bonds is 4. The van der Waals surface area contributed by atoms with Gasteiger partial charge in [-0.25, -0.2) is 0 Å². The van der Waals surface area contributed by atoms with Gasteiger partial charge in [0.25, 0.3) is 0 Å². The molecule has 0 N–H and O–H groups in total. The molecule has 0 unspecified atom stereocenters. The topological polar surface area (TPSA) is 35.5 Å². The van der Waals surface area contributed by atoms with Crippen LogP contribution >= 0.6 is 0 Å². The quantitative estimate of drug-likeness (QED) is 0.595. The second-order valence-corrected chi connectivity index (χ2v) is 4.30. The van der Waals surface area contributed by atoms with E-state index in [4.69, 9.17) is 9.47 Å². The fourth-order valence-electron chi connectivity index (χ4n) is 2.01. The van der Waals surface area contributed by atoms with Crippen molar-refractivity contribution in [1.29, 1.82) is 0 Å². The van der Waals surface area contributed by atoms with Crippen LogP contribution in [0.2, 0.25) is 0 Å². The molecule has 0 saturated heterocycles. The highest BCUT2D eigenvalue weighted by molar-refractivity contribution is 6.01. The van der Waals surface area contributed by atoms with Crippen LogP contribution in [-0.4, -0.2) is 26.3 Å². The Hall–Kier alpha value is -1.19. The number of ether oxygens (including phenoxy) is 2. The standard InChI is InChI=1S/C14H20O3/c1-8-7-9(2)11(4)12(10(8)3)13(15)14(16-5)17-6/h7,14H,1-6H3. The fraction of sp³-hybridized carbons (Fsp3) is 0.500. The van der Waals surface area contributed by atoms with Gasteiger partial charge in [0.15, 0.2) is 0 Å². The Morgan fingerprint density at radius 3 is 1.76 bits per heavy atom. The molecule has 0 spiro atoms. The molecule has 0 atom stereocenters. The van der Waals surface area contributed by atoms with Crippen molar-refractivity contribution in [3.63, 3.8) is 0 Å². The molecule has 3 heteroatoms. The zero-order valence-corrected chi connectivity index (χ0v) is 11.4. The number of hydrogen-bond acceptors (Lipinski definition) is 3. The Morgan fingerprint density at radius 2 is 1.41 bits per heavy atom. The van der Waals surface area contributed by atoms with Crippen LogP contribution in [0.4, 0.5) is 0 Å². The van der Waals surface area contributed by atoms with Crippen LogP contribution in [0.25, 0.3) is 0 Å². The van der Waals surface area contributed by atoms with Gasteiger partial charge < -0.3 is 9.47 Å². The summed E-state index contributed by atoms with van der Waals surface area (Å²) >= 11 is 0. The molecule has 0 aromatic heterocycles. The van der Waals surface area contributed by atoms with Gasteiger partial charge in [0, 0.05) is 19.8 Å². The van der Waals surface area contributed by atoms with Crippen molar-refractivity contribution >= 4 is 5.78 Å². The number of aryl methyl sites for hydroxylation is 2. The molecule has 0 heterocycles. The number of carbonyl (C=O) groups is 1. The minimum Gasteiger partial charge on any atom is -0.349 e. The SMILES string of the molecule is COC(OC)C(=O)c1c(C)c(C)cc(C)c1C. The summed E-state index contributed by atoms with van der Waals surface area (Å²) in [6, 6.07) is 2.09. The van der Waals surface area contributed by atoms with Gasteiger partial charge in [-0.2, -0.15) is 0 Å². The Morgan fingerprint density at radius 1 is 1.00 bits per heavy atom. The highest BCUT2D eigenvalue weighted by Gasteiger charge is 2.23. The second kappa shape index (κ2) is 5.43. The lowest BCUT2D eigenvalue weighted by Crippen LogP contribution is -2.26. The van der Waals surface area contributed by atoms with Crippen LogP contribution in [0.5, 0.6) is 0 Å². The monoisotopic (exact) mass is 236 g/mol. The average Bonchev–Trinajstić information content (AvgIpc) is 2.28. The summed E-state index contributed by atoms with van der Waals surface area (Å²) in [5.74, 6) is -0.114. The predicted octanol–water partition coefficient (Wildman–Crippen LogP) is 2.72. The second-order valence-electron chi connectivity index (χ2n) is 4.30. The van der Waals surface area contributed by atoms with Crippen molar-refractivity contribution in [2.24, 2.45) is 0 Å². The summed E-state index contributed by atoms with van der Waals surface area (Å²) in [5, 5.41) is 0. The Labute approximate surface area is 103 Å². The molecule has 0 saturated carbocycles. The van der Waals surface area contributed by atoms with Gasteiger partial charge in [0.05, 0.1) is 0 Å². The first-order valence-electron chi connectivity index (χ1n) is 5.61. The predicted molar refractivity (Wildman–Crippen MR) is 67.5 cm³/mol. The van der Waals surface area contributed by atoms with Crippen molar-refractivity contribution in [2.75, 3.05) is 14.2 Å². The Kier molecular flexibility index (Phi) is 4.43. The molecule has 0 aliphatic carbocycles. The van der Waals surface area contributed by atoms with E-state index < -0.39 is 6.29 Å². The Bertz CT molecular complexity index is 405. The summed E-state index contributed by atoms with van der Waals surface area (Å²) in [6.07, 6.45) is -0.825. The molecule has 0 aliphatic rings. The molecule has 1 rings (SSSR count). The zero-order chi connectivity index (χ0) is 13.2. The van der Waals surface area contributed by atoms with E-state index in [0.717, 1.165) is 27.8 Å². The molecule has 0 amide bonds. The minimum absolute atomic E-state index is 0.114. The first kappa shape index (κ1) is 13.9. The van der Waals surface area contributed by atoms with E-state index in [9.17, 15) is 4.79 Å². The maximum absolute atomic E-state index is 12.3. The smallest absolute Gasteiger partial charge is 0.222 e. The maximum atomic E-state index is 12.3. The van der Waals surface area contributed by atoms with Crippen molar-refractivity contribution in [1.82, 2.24) is 0 Å². The van der Waals surface area contributed by atoms with Crippen molar-refractivity contribution < 1.29 is 14.3 Å². The van der Waals surface area contributed by atoms with E-state index in [-0.39, 0.29) is 5.78 Å². The molecule has 0 aliphatic heterocycles. The van der Waals surface area contributed by atoms with Crippen LogP contribution in [0, 0.1) is 27.7 Å². The van der Waals surface area contributed by atoms with Gasteiger partial charge in [-0.15, -0.1) is 0 Å². The summed E-state index contributed by atoms with van der Waals surface area (Å²) in [6.45, 7) is 7.93. The van der Waals surface area contributed by atoms with Crippen molar-refractivity contribution in [3.8, 4) is 0 Å². The number of ketones is 1. The van der Waals surface area contributed by atoms with E-state index in [1.165, 1.54) is 14.2 Å². The number of benzene rings is 1. The maximum Gasteiger partial charge on any atom is 0.222 e. The molecule has 94 valence electrons. The third kappa shape index (κ3) is 2.56. The van der Waals surface area contributed by atoms with E-state index in [2.05, 4.69) is 6.07 Å². The first-order valence-corrected chi connectivity index (χ1v) is 5.61. The highest BCUT2D eigenvalue weighted by atomic mass is 16.7. The van der Waals surface area contributed by atoms with Crippen LogP contribution in [0.3, 0.4) is 0 Å². The van der Waals surface area contributed by atoms with Crippen LogP contribution in [0.15, 0.2) is 6.07 Å². The molecule has 0 radical (unpaired) electrons. The third-order valence-electron chi connectivity index (χ3n) is 3.25. The summed E-state index contributed by atoms with van der Waals surface area (Å²) in [4.78, 5) is 12.3. The molecule has 0 bridgehead atoms. The summed E-state index contributed by atoms with van der Waals surface area (Å²) < 4.78 is 10.1. The lowest BCUT2D eigenvalue weighted by atomic mass is 9.91. The van der Waals surface area contributed by atoms with Gasteiger partial charge in [-0.3, -0.25) is 4.79 Å². The largest absolute Gasteiger partial charge is 0.349 e. The molecule has 0 fully saturated rings. The van der Waals surface area contributed by atoms with E-state index in [0.29, 0.717) is 0 Å². The minimum atomic E-state index is -0.825. The normalized spacial score (nSPS) is 11.0. The van der Waals surface area contributed by atoms with Gasteiger partial charge in [0.2, 0.25) is 12.1 Å². The van der Waals surface area contributed by atoms with Gasteiger partial charge in [-0.05, 0) is 49.9 Å². The van der Waals surface area contributed by atoms with E-state index >= 15 is 0 Å². The van der Waals surface area contributed by atoms with Crippen molar-refractivity contribution in [2.45, 2.75) is 34.0 Å². The summed E-state index contributed by atoms with van der Waals surface area (Å²) in [7, 11) is 2.94. The molecular formula is C14H20O3.